The molecule has 1 aromatic rings. The van der Waals surface area contributed by atoms with Crippen LogP contribution in [0.4, 0.5) is 9.18 Å². The van der Waals surface area contributed by atoms with E-state index in [0.717, 1.165) is 18.3 Å². The molecule has 27 heavy (non-hydrogen) atoms. The van der Waals surface area contributed by atoms with E-state index in [0.29, 0.717) is 24.0 Å². The lowest BCUT2D eigenvalue weighted by Gasteiger charge is -2.37. The smallest absolute Gasteiger partial charge is 0.408 e. The molecule has 8 heteroatoms. The van der Waals surface area contributed by atoms with Crippen LogP contribution in [0.2, 0.25) is 0 Å². The Morgan fingerprint density at radius 1 is 1.37 bits per heavy atom. The molecule has 1 aromatic carbocycles. The Morgan fingerprint density at radius 3 is 2.56 bits per heavy atom. The van der Waals surface area contributed by atoms with Crippen molar-refractivity contribution >= 4 is 18.3 Å². The van der Waals surface area contributed by atoms with E-state index in [-0.39, 0.29) is 18.3 Å². The molecule has 7 nitrogen and oxygen atoms in total. The van der Waals surface area contributed by atoms with Crippen molar-refractivity contribution in [3.05, 3.63) is 29.1 Å². The molecule has 1 N–H and O–H groups in total. The monoisotopic (exact) mass is 381 g/mol. The zero-order valence-electron chi connectivity index (χ0n) is 15.8. The quantitative estimate of drug-likeness (QED) is 0.601. The van der Waals surface area contributed by atoms with Gasteiger partial charge in [-0.3, -0.25) is 4.90 Å². The molecule has 2 rings (SSSR count). The van der Waals surface area contributed by atoms with Crippen LogP contribution in [0.5, 0.6) is 5.75 Å². The molecule has 0 bridgehead atoms. The second kappa shape index (κ2) is 7.94. The van der Waals surface area contributed by atoms with Gasteiger partial charge in [-0.2, -0.15) is 0 Å². The lowest BCUT2D eigenvalue weighted by molar-refractivity contribution is -0.149. The van der Waals surface area contributed by atoms with E-state index >= 15 is 0 Å². The molecular weight excluding hydrogens is 357 g/mol. The van der Waals surface area contributed by atoms with Crippen molar-refractivity contribution in [1.29, 1.82) is 0 Å². The van der Waals surface area contributed by atoms with Gasteiger partial charge in [0.25, 0.3) is 0 Å². The lowest BCUT2D eigenvalue weighted by Crippen LogP contribution is -2.56. The average Bonchev–Trinajstić information content (AvgIpc) is 3.00. The fourth-order valence-electron chi connectivity index (χ4n) is 3.32. The van der Waals surface area contributed by atoms with E-state index in [1.165, 1.54) is 6.07 Å². The minimum absolute atomic E-state index is 0.172. The van der Waals surface area contributed by atoms with Gasteiger partial charge in [0, 0.05) is 17.5 Å². The third kappa shape index (κ3) is 4.56. The van der Waals surface area contributed by atoms with Gasteiger partial charge in [0.05, 0.1) is 7.11 Å². The van der Waals surface area contributed by atoms with Crippen LogP contribution in [0.25, 0.3) is 0 Å². The predicted octanol–water partition coefficient (Wildman–Crippen LogP) is 2.44. The molecule has 0 aromatic heterocycles. The highest BCUT2D eigenvalue weighted by molar-refractivity contribution is 5.81. The first-order valence-electron chi connectivity index (χ1n) is 8.58. The summed E-state index contributed by atoms with van der Waals surface area (Å²) in [4.78, 5) is 35.7. The largest absolute Gasteiger partial charge is 0.491 e. The van der Waals surface area contributed by atoms with Gasteiger partial charge in [0.15, 0.2) is 6.04 Å². The molecule has 1 amide bonds. The topological polar surface area (TPSA) is 93.1 Å². The molecule has 0 saturated carbocycles. The van der Waals surface area contributed by atoms with E-state index in [4.69, 9.17) is 9.47 Å². The summed E-state index contributed by atoms with van der Waals surface area (Å²) in [5.74, 6) is -1.33. The Kier molecular flexibility index (Phi) is 6.08. The maximum atomic E-state index is 14.3. The van der Waals surface area contributed by atoms with Crippen molar-refractivity contribution in [2.45, 2.75) is 45.2 Å². The normalized spacial score (nSPS) is 17.0. The first kappa shape index (κ1) is 20.7. The van der Waals surface area contributed by atoms with Gasteiger partial charge >= 0.3 is 12.1 Å². The number of nitrogens with zero attached hydrogens (tertiary/aromatic N) is 1. The van der Waals surface area contributed by atoms with Crippen LogP contribution in [-0.4, -0.2) is 53.7 Å². The van der Waals surface area contributed by atoms with E-state index in [1.54, 1.807) is 26.8 Å². The summed E-state index contributed by atoms with van der Waals surface area (Å²) < 4.78 is 24.6. The van der Waals surface area contributed by atoms with E-state index in [2.05, 4.69) is 0 Å². The van der Waals surface area contributed by atoms with E-state index < -0.39 is 29.5 Å². The Balaban J connectivity index is 2.23. The summed E-state index contributed by atoms with van der Waals surface area (Å²) in [6.07, 6.45) is 0.292. The van der Waals surface area contributed by atoms with Crippen LogP contribution >= 0.6 is 0 Å². The minimum Gasteiger partial charge on any atom is -0.491 e. The zero-order valence-corrected chi connectivity index (χ0v) is 15.8. The highest BCUT2D eigenvalue weighted by Gasteiger charge is 2.39. The summed E-state index contributed by atoms with van der Waals surface area (Å²) in [5, 5.41) is 9.52. The molecule has 1 aliphatic carbocycles. The highest BCUT2D eigenvalue weighted by atomic mass is 19.1. The highest BCUT2D eigenvalue weighted by Crippen LogP contribution is 2.32. The van der Waals surface area contributed by atoms with Crippen molar-refractivity contribution < 1.29 is 33.4 Å². The molecule has 0 spiro atoms. The van der Waals surface area contributed by atoms with Crippen molar-refractivity contribution in [3.63, 3.8) is 0 Å². The molecule has 0 fully saturated rings. The van der Waals surface area contributed by atoms with Gasteiger partial charge in [0.1, 0.15) is 24.5 Å². The van der Waals surface area contributed by atoms with E-state index in [1.807, 2.05) is 0 Å². The van der Waals surface area contributed by atoms with E-state index in [9.17, 15) is 23.9 Å². The number of rotatable bonds is 6. The summed E-state index contributed by atoms with van der Waals surface area (Å²) in [5.41, 5.74) is 0.294. The minimum atomic E-state index is -1.30. The van der Waals surface area contributed by atoms with Gasteiger partial charge in [0.2, 0.25) is 0 Å². The van der Waals surface area contributed by atoms with Gasteiger partial charge in [-0.15, -0.1) is 0 Å². The summed E-state index contributed by atoms with van der Waals surface area (Å²) in [6.45, 7) is 4.61. The molecule has 2 atom stereocenters. The number of benzene rings is 1. The van der Waals surface area contributed by atoms with Crippen LogP contribution in [0.15, 0.2) is 12.1 Å². The number of amides is 1. The Hall–Kier alpha value is -2.64. The number of methoxy groups -OCH3 is 1. The Morgan fingerprint density at radius 2 is 2.04 bits per heavy atom. The number of hydrogen-bond donors (Lipinski definition) is 1. The molecule has 0 aliphatic heterocycles. The molecule has 0 saturated heterocycles. The fraction of sp³-hybridized carbons (Fsp3) is 0.526. The SMILES string of the molecule is COC(=O)C(COc1cc(F)c2c(c1)CC(C=O)C2)N(C(=O)O)C(C)(C)C. The lowest BCUT2D eigenvalue weighted by atomic mass is 10.0. The van der Waals surface area contributed by atoms with Crippen molar-refractivity contribution in [2.75, 3.05) is 13.7 Å². The first-order valence-corrected chi connectivity index (χ1v) is 8.58. The summed E-state index contributed by atoms with van der Waals surface area (Å²) in [7, 11) is 1.16. The van der Waals surface area contributed by atoms with Gasteiger partial charge in [-0.05, 0) is 50.8 Å². The van der Waals surface area contributed by atoms with Gasteiger partial charge < -0.3 is 19.4 Å². The van der Waals surface area contributed by atoms with Gasteiger partial charge in [-0.25, -0.2) is 14.0 Å². The van der Waals surface area contributed by atoms with Crippen LogP contribution in [0.3, 0.4) is 0 Å². The molecule has 0 radical (unpaired) electrons. The number of halogens is 1. The number of carbonyl (C=O) groups excluding carboxylic acids is 2. The second-order valence-electron chi connectivity index (χ2n) is 7.52. The average molecular weight is 381 g/mol. The van der Waals surface area contributed by atoms with Crippen molar-refractivity contribution in [1.82, 2.24) is 4.90 Å². The second-order valence-corrected chi connectivity index (χ2v) is 7.52. The Labute approximate surface area is 157 Å². The number of carbonyl (C=O) groups is 3. The predicted molar refractivity (Wildman–Crippen MR) is 94.3 cm³/mol. The number of aldehydes is 1. The number of carboxylic acid groups (broad SMARTS) is 1. The molecular formula is C19H24FNO6. The fourth-order valence-corrected chi connectivity index (χ4v) is 3.32. The van der Waals surface area contributed by atoms with Crippen LogP contribution in [-0.2, 0) is 27.2 Å². The molecule has 0 heterocycles. The van der Waals surface area contributed by atoms with Crippen LogP contribution in [0, 0.1) is 11.7 Å². The molecule has 1 aliphatic rings. The number of hydrogen-bond acceptors (Lipinski definition) is 5. The van der Waals surface area contributed by atoms with Crippen molar-refractivity contribution in [2.24, 2.45) is 5.92 Å². The Bertz CT molecular complexity index is 742. The van der Waals surface area contributed by atoms with Crippen molar-refractivity contribution in [3.8, 4) is 5.75 Å². The number of ether oxygens (including phenoxy) is 2. The third-order valence-electron chi connectivity index (χ3n) is 4.52. The first-order chi connectivity index (χ1) is 12.6. The third-order valence-corrected chi connectivity index (χ3v) is 4.52. The maximum Gasteiger partial charge on any atom is 0.408 e. The molecule has 2 unspecified atom stereocenters. The molecule has 148 valence electrons. The standard InChI is InChI=1S/C19H24FNO6/c1-19(2,3)21(18(24)25)16(17(23)26-4)10-27-13-7-12-5-11(9-22)6-14(12)15(20)8-13/h7-9,11,16H,5-6,10H2,1-4H3,(H,24,25). The number of fused-ring (bicyclic) bond motifs is 1. The van der Waals surface area contributed by atoms with Crippen LogP contribution in [0.1, 0.15) is 31.9 Å². The van der Waals surface area contributed by atoms with Crippen LogP contribution < -0.4 is 4.74 Å². The summed E-state index contributed by atoms with van der Waals surface area (Å²) >= 11 is 0. The summed E-state index contributed by atoms with van der Waals surface area (Å²) in [6, 6.07) is 1.59. The maximum absolute atomic E-state index is 14.3. The number of esters is 1. The van der Waals surface area contributed by atoms with Gasteiger partial charge in [-0.1, -0.05) is 0 Å². The zero-order chi connectivity index (χ0) is 20.4.